The first-order chi connectivity index (χ1) is 28.6. The van der Waals surface area contributed by atoms with E-state index in [1.165, 1.54) is 0 Å². The van der Waals surface area contributed by atoms with Crippen LogP contribution in [-0.4, -0.2) is 0 Å². The standard InChI is InChI=1S/C54H34F2N2/c55-51-25-13-23-43-47-34-46-42-30-28-40(58(37-19-9-3-10-20-37)38-21-11-4-12-22-38)32-50(42)54-44(24-14-26-52(54)56)48(46)33-45(47)41-29-27-39(31-49(41)53(43)51)57(35-15-5-1-6-16-35)36-17-7-2-8-18-36/h1-34H. The van der Waals surface area contributed by atoms with Gasteiger partial charge in [-0.2, -0.15) is 0 Å². The van der Waals surface area contributed by atoms with Crippen LogP contribution >= 0.6 is 0 Å². The Balaban J connectivity index is 1.21. The molecule has 11 aromatic rings. The van der Waals surface area contributed by atoms with Crippen molar-refractivity contribution in [3.05, 3.63) is 218 Å². The van der Waals surface area contributed by atoms with E-state index in [1.807, 2.05) is 84.9 Å². The third-order valence-corrected chi connectivity index (χ3v) is 11.5. The first-order valence-corrected chi connectivity index (χ1v) is 19.5. The van der Waals surface area contributed by atoms with Gasteiger partial charge >= 0.3 is 0 Å². The number of fused-ring (bicyclic) bond motifs is 12. The van der Waals surface area contributed by atoms with Gasteiger partial charge in [-0.1, -0.05) is 109 Å². The zero-order valence-electron chi connectivity index (χ0n) is 31.3. The number of rotatable bonds is 6. The molecular weight excluding hydrogens is 715 g/mol. The van der Waals surface area contributed by atoms with Gasteiger partial charge in [0.05, 0.1) is 0 Å². The molecule has 0 aliphatic rings. The van der Waals surface area contributed by atoms with E-state index in [-0.39, 0.29) is 11.6 Å². The summed E-state index contributed by atoms with van der Waals surface area (Å²) in [7, 11) is 0. The molecule has 11 rings (SSSR count). The molecule has 0 aliphatic heterocycles. The van der Waals surface area contributed by atoms with Crippen LogP contribution in [0.25, 0.3) is 64.6 Å². The lowest BCUT2D eigenvalue weighted by Gasteiger charge is -2.26. The van der Waals surface area contributed by atoms with Crippen molar-refractivity contribution in [1.82, 2.24) is 0 Å². The van der Waals surface area contributed by atoms with Gasteiger partial charge in [-0.05, 0) is 151 Å². The van der Waals surface area contributed by atoms with Gasteiger partial charge in [0.1, 0.15) is 11.6 Å². The Morgan fingerprint density at radius 1 is 0.224 bits per heavy atom. The summed E-state index contributed by atoms with van der Waals surface area (Å²) in [5.41, 5.74) is 5.85. The summed E-state index contributed by atoms with van der Waals surface area (Å²) in [6, 6.07) is 68.7. The summed E-state index contributed by atoms with van der Waals surface area (Å²) in [5.74, 6) is -0.547. The maximum absolute atomic E-state index is 16.4. The van der Waals surface area contributed by atoms with Crippen LogP contribution in [0, 0.1) is 11.6 Å². The lowest BCUT2D eigenvalue weighted by Crippen LogP contribution is -2.09. The number of anilines is 6. The SMILES string of the molecule is Fc1cccc2c3cc4c(cc3c3ccc(N(c5ccccc5)c5ccccc5)cc3c12)c1cccc(F)c1c1cc(N(c2ccccc2)c2ccccc2)ccc41. The van der Waals surface area contributed by atoms with Gasteiger partial charge in [0.15, 0.2) is 0 Å². The second-order valence-corrected chi connectivity index (χ2v) is 14.7. The predicted octanol–water partition coefficient (Wildman–Crippen LogP) is 15.8. The molecule has 0 atom stereocenters. The van der Waals surface area contributed by atoms with Crippen molar-refractivity contribution in [3.8, 4) is 0 Å². The molecule has 0 spiro atoms. The van der Waals surface area contributed by atoms with Crippen molar-refractivity contribution < 1.29 is 8.78 Å². The highest BCUT2D eigenvalue weighted by atomic mass is 19.1. The van der Waals surface area contributed by atoms with Crippen molar-refractivity contribution in [2.45, 2.75) is 0 Å². The molecule has 0 aliphatic carbocycles. The molecule has 0 unspecified atom stereocenters. The van der Waals surface area contributed by atoms with E-state index in [0.29, 0.717) is 10.8 Å². The van der Waals surface area contributed by atoms with Gasteiger partial charge in [0.2, 0.25) is 0 Å². The smallest absolute Gasteiger partial charge is 0.131 e. The lowest BCUT2D eigenvalue weighted by atomic mass is 9.88. The Hall–Kier alpha value is -7.56. The van der Waals surface area contributed by atoms with Gasteiger partial charge in [0, 0.05) is 44.9 Å². The fourth-order valence-corrected chi connectivity index (χ4v) is 8.96. The molecule has 0 heterocycles. The molecule has 0 fully saturated rings. The van der Waals surface area contributed by atoms with Crippen LogP contribution < -0.4 is 9.80 Å². The maximum Gasteiger partial charge on any atom is 0.131 e. The zero-order valence-corrected chi connectivity index (χ0v) is 31.3. The summed E-state index contributed by atoms with van der Waals surface area (Å²) in [6.07, 6.45) is 0. The maximum atomic E-state index is 16.4. The third kappa shape index (κ3) is 5.37. The zero-order chi connectivity index (χ0) is 38.7. The van der Waals surface area contributed by atoms with Crippen molar-refractivity contribution in [3.63, 3.8) is 0 Å². The quantitative estimate of drug-likeness (QED) is 0.123. The van der Waals surface area contributed by atoms with Crippen molar-refractivity contribution in [1.29, 1.82) is 0 Å². The topological polar surface area (TPSA) is 6.48 Å². The van der Waals surface area contributed by atoms with Crippen LogP contribution in [0.2, 0.25) is 0 Å². The molecule has 0 saturated heterocycles. The monoisotopic (exact) mass is 748 g/mol. The number of benzene rings is 11. The molecule has 0 radical (unpaired) electrons. The highest BCUT2D eigenvalue weighted by molar-refractivity contribution is 6.33. The van der Waals surface area contributed by atoms with Crippen LogP contribution in [0.1, 0.15) is 0 Å². The van der Waals surface area contributed by atoms with E-state index in [9.17, 15) is 0 Å². The summed E-state index contributed by atoms with van der Waals surface area (Å²) >= 11 is 0. The van der Waals surface area contributed by atoms with Crippen LogP contribution in [-0.2, 0) is 0 Å². The van der Waals surface area contributed by atoms with E-state index < -0.39 is 0 Å². The second-order valence-electron chi connectivity index (χ2n) is 14.7. The van der Waals surface area contributed by atoms with E-state index in [4.69, 9.17) is 0 Å². The fraction of sp³-hybridized carbons (Fsp3) is 0. The van der Waals surface area contributed by atoms with Crippen molar-refractivity contribution in [2.75, 3.05) is 9.80 Å². The van der Waals surface area contributed by atoms with Crippen molar-refractivity contribution in [2.24, 2.45) is 0 Å². The van der Waals surface area contributed by atoms with Crippen LogP contribution in [0.5, 0.6) is 0 Å². The minimum absolute atomic E-state index is 0.274. The molecule has 0 aromatic heterocycles. The average Bonchev–Trinajstić information content (AvgIpc) is 3.27. The minimum atomic E-state index is -0.274. The number of para-hydroxylation sites is 4. The van der Waals surface area contributed by atoms with Gasteiger partial charge in [-0.3, -0.25) is 0 Å². The van der Waals surface area contributed by atoms with E-state index in [2.05, 4.69) is 107 Å². The molecule has 4 heteroatoms. The normalized spacial score (nSPS) is 11.6. The minimum Gasteiger partial charge on any atom is -0.310 e. The Labute approximate surface area is 334 Å². The average molecular weight is 749 g/mol. The van der Waals surface area contributed by atoms with Crippen LogP contribution in [0.3, 0.4) is 0 Å². The fourth-order valence-electron chi connectivity index (χ4n) is 8.96. The van der Waals surface area contributed by atoms with Crippen molar-refractivity contribution >= 4 is 98.8 Å². The van der Waals surface area contributed by atoms with Crippen LogP contribution in [0.15, 0.2) is 206 Å². The van der Waals surface area contributed by atoms with E-state index in [1.54, 1.807) is 24.3 Å². The van der Waals surface area contributed by atoms with E-state index >= 15 is 8.78 Å². The number of halogens is 2. The molecule has 58 heavy (non-hydrogen) atoms. The molecule has 0 bridgehead atoms. The number of hydrogen-bond donors (Lipinski definition) is 0. The van der Waals surface area contributed by atoms with Crippen LogP contribution in [0.4, 0.5) is 42.9 Å². The number of nitrogens with zero attached hydrogens (tertiary/aromatic N) is 2. The Bertz CT molecular complexity index is 3050. The number of hydrogen-bond acceptors (Lipinski definition) is 2. The van der Waals surface area contributed by atoms with Gasteiger partial charge < -0.3 is 9.80 Å². The molecule has 0 N–H and O–H groups in total. The first kappa shape index (κ1) is 33.8. The molecule has 0 amide bonds. The van der Waals surface area contributed by atoms with Gasteiger partial charge in [0.25, 0.3) is 0 Å². The molecular formula is C54H34F2N2. The third-order valence-electron chi connectivity index (χ3n) is 11.5. The Morgan fingerprint density at radius 2 is 0.552 bits per heavy atom. The summed E-state index contributed by atoms with van der Waals surface area (Å²) in [6.45, 7) is 0. The Morgan fingerprint density at radius 3 is 0.897 bits per heavy atom. The summed E-state index contributed by atoms with van der Waals surface area (Å²) in [4.78, 5) is 4.40. The Kier molecular flexibility index (Phi) is 7.90. The molecule has 0 saturated carbocycles. The first-order valence-electron chi connectivity index (χ1n) is 19.5. The van der Waals surface area contributed by atoms with Gasteiger partial charge in [-0.25, -0.2) is 8.78 Å². The largest absolute Gasteiger partial charge is 0.310 e. The molecule has 11 aromatic carbocycles. The highest BCUT2D eigenvalue weighted by Gasteiger charge is 2.21. The van der Waals surface area contributed by atoms with Gasteiger partial charge in [-0.15, -0.1) is 0 Å². The second kappa shape index (κ2) is 13.6. The highest BCUT2D eigenvalue weighted by Crippen LogP contribution is 2.46. The lowest BCUT2D eigenvalue weighted by molar-refractivity contribution is 0.640. The molecule has 274 valence electrons. The summed E-state index contributed by atoms with van der Waals surface area (Å²) < 4.78 is 32.8. The summed E-state index contributed by atoms with van der Waals surface area (Å²) in [5, 5.41) is 10.2. The predicted molar refractivity (Wildman–Crippen MR) is 241 cm³/mol. The molecule has 2 nitrogen and oxygen atoms in total. The van der Waals surface area contributed by atoms with E-state index in [0.717, 1.165) is 88.0 Å².